The second-order valence-corrected chi connectivity index (χ2v) is 10.2. The standard InChI is InChI=1S/C24H22N6O2S2/c1-13(31)25-9-20(32)30-7-3-6-19(30)24-26-8-18(29-24)16-11-34-22-15(10-33-23(16)22)14-4-2-5-17-21(14)28-12-27-17/h2,4-5,8,10-12,19H,3,6-7,9H2,1H3,(H,25,31)(H,26,29)(H,27,28)/t19-/m0/s1. The van der Waals surface area contributed by atoms with E-state index in [1.807, 2.05) is 17.2 Å². The number of nitrogens with one attached hydrogen (secondary N) is 3. The van der Waals surface area contributed by atoms with Crippen molar-refractivity contribution in [2.75, 3.05) is 13.1 Å². The maximum absolute atomic E-state index is 12.6. The van der Waals surface area contributed by atoms with Gasteiger partial charge in [-0.25, -0.2) is 9.97 Å². The summed E-state index contributed by atoms with van der Waals surface area (Å²) in [5, 5.41) is 6.97. The molecule has 2 amide bonds. The summed E-state index contributed by atoms with van der Waals surface area (Å²) in [6, 6.07) is 6.11. The van der Waals surface area contributed by atoms with Gasteiger partial charge < -0.3 is 20.2 Å². The lowest BCUT2D eigenvalue weighted by atomic mass is 10.1. The van der Waals surface area contributed by atoms with Gasteiger partial charge in [-0.2, -0.15) is 0 Å². The van der Waals surface area contributed by atoms with Crippen LogP contribution >= 0.6 is 22.7 Å². The van der Waals surface area contributed by atoms with E-state index in [2.05, 4.69) is 48.1 Å². The second-order valence-electron chi connectivity index (χ2n) is 8.40. The molecule has 3 N–H and O–H groups in total. The van der Waals surface area contributed by atoms with Crippen LogP contribution in [0.5, 0.6) is 0 Å². The molecule has 5 heterocycles. The van der Waals surface area contributed by atoms with Crippen molar-refractivity contribution in [3.8, 4) is 22.4 Å². The van der Waals surface area contributed by atoms with Crippen LogP contribution in [0.4, 0.5) is 0 Å². The van der Waals surface area contributed by atoms with Crippen molar-refractivity contribution in [2.24, 2.45) is 0 Å². The summed E-state index contributed by atoms with van der Waals surface area (Å²) in [6.07, 6.45) is 5.37. The Morgan fingerprint density at radius 2 is 1.97 bits per heavy atom. The fraction of sp³-hybridized carbons (Fsp3) is 0.250. The number of amides is 2. The molecule has 1 saturated heterocycles. The van der Waals surface area contributed by atoms with Crippen molar-refractivity contribution >= 4 is 54.9 Å². The third-order valence-electron chi connectivity index (χ3n) is 6.29. The van der Waals surface area contributed by atoms with E-state index in [0.717, 1.165) is 46.5 Å². The number of carbonyl (C=O) groups is 2. The van der Waals surface area contributed by atoms with Gasteiger partial charge in [0.05, 0.1) is 51.2 Å². The third kappa shape index (κ3) is 3.50. The molecule has 1 aliphatic rings. The number of aromatic amines is 2. The van der Waals surface area contributed by atoms with Gasteiger partial charge in [0.2, 0.25) is 11.8 Å². The van der Waals surface area contributed by atoms with Crippen LogP contribution in [0.15, 0.2) is 41.5 Å². The van der Waals surface area contributed by atoms with Gasteiger partial charge in [-0.05, 0) is 18.9 Å². The normalized spacial score (nSPS) is 16.0. The number of fused-ring (bicyclic) bond motifs is 2. The van der Waals surface area contributed by atoms with Crippen LogP contribution in [0, 0.1) is 0 Å². The minimum Gasteiger partial charge on any atom is -0.347 e. The topological polar surface area (TPSA) is 107 Å². The first kappa shape index (κ1) is 21.1. The number of rotatable bonds is 5. The lowest BCUT2D eigenvalue weighted by molar-refractivity contribution is -0.133. The monoisotopic (exact) mass is 490 g/mol. The molecular formula is C24H22N6O2S2. The lowest BCUT2D eigenvalue weighted by Gasteiger charge is -2.23. The van der Waals surface area contributed by atoms with Crippen LogP contribution in [0.3, 0.4) is 0 Å². The quantitative estimate of drug-likeness (QED) is 0.332. The van der Waals surface area contributed by atoms with E-state index in [1.54, 1.807) is 29.0 Å². The number of para-hydroxylation sites is 1. The second kappa shape index (κ2) is 8.37. The van der Waals surface area contributed by atoms with Gasteiger partial charge in [0.15, 0.2) is 0 Å². The van der Waals surface area contributed by atoms with E-state index in [9.17, 15) is 9.59 Å². The predicted octanol–water partition coefficient (Wildman–Crippen LogP) is 4.70. The first-order valence-electron chi connectivity index (χ1n) is 11.1. The Kier molecular flexibility index (Phi) is 5.19. The van der Waals surface area contributed by atoms with E-state index < -0.39 is 0 Å². The number of hydrogen-bond donors (Lipinski definition) is 3. The number of likely N-dealkylation sites (tertiary alicyclic amines) is 1. The summed E-state index contributed by atoms with van der Waals surface area (Å²) in [5.41, 5.74) is 6.40. The molecule has 8 nitrogen and oxygen atoms in total. The first-order chi connectivity index (χ1) is 16.6. The highest BCUT2D eigenvalue weighted by Gasteiger charge is 2.32. The maximum atomic E-state index is 12.6. The summed E-state index contributed by atoms with van der Waals surface area (Å²) in [6.45, 7) is 2.11. The van der Waals surface area contributed by atoms with Gasteiger partial charge in [-0.1, -0.05) is 12.1 Å². The average Bonchev–Trinajstić information content (AvgIpc) is 3.63. The minimum absolute atomic E-state index is 0.0191. The van der Waals surface area contributed by atoms with E-state index in [4.69, 9.17) is 0 Å². The molecule has 0 spiro atoms. The summed E-state index contributed by atoms with van der Waals surface area (Å²) in [7, 11) is 0. The highest BCUT2D eigenvalue weighted by Crippen LogP contribution is 2.45. The van der Waals surface area contributed by atoms with Gasteiger partial charge in [0, 0.05) is 40.9 Å². The number of hydrogen-bond acceptors (Lipinski definition) is 6. The molecular weight excluding hydrogens is 468 g/mol. The fourth-order valence-corrected chi connectivity index (χ4v) is 7.09. The Labute approximate surface area is 203 Å². The van der Waals surface area contributed by atoms with Crippen molar-refractivity contribution in [2.45, 2.75) is 25.8 Å². The number of thiophene rings is 2. The molecule has 5 aromatic rings. The Balaban J connectivity index is 1.30. The molecule has 1 aromatic carbocycles. The molecule has 1 aliphatic heterocycles. The SMILES string of the molecule is CC(=O)NCC(=O)N1CCC[C@H]1c1ncc(-c2csc3c(-c4cccc5[nH]cnc45)csc23)[nH]1. The van der Waals surface area contributed by atoms with Gasteiger partial charge in [0.1, 0.15) is 5.82 Å². The van der Waals surface area contributed by atoms with Gasteiger partial charge in [-0.3, -0.25) is 9.59 Å². The molecule has 0 aliphatic carbocycles. The van der Waals surface area contributed by atoms with Gasteiger partial charge >= 0.3 is 0 Å². The van der Waals surface area contributed by atoms with Crippen LogP contribution < -0.4 is 5.32 Å². The van der Waals surface area contributed by atoms with Crippen molar-refractivity contribution in [3.05, 3.63) is 47.3 Å². The first-order valence-corrected chi connectivity index (χ1v) is 12.9. The number of benzene rings is 1. The molecule has 1 atom stereocenters. The number of imidazole rings is 2. The summed E-state index contributed by atoms with van der Waals surface area (Å²) in [4.78, 5) is 41.5. The van der Waals surface area contributed by atoms with Crippen LogP contribution in [-0.2, 0) is 9.59 Å². The van der Waals surface area contributed by atoms with Crippen LogP contribution in [-0.4, -0.2) is 49.7 Å². The van der Waals surface area contributed by atoms with E-state index in [1.165, 1.54) is 21.9 Å². The molecule has 0 bridgehead atoms. The average molecular weight is 491 g/mol. The van der Waals surface area contributed by atoms with Crippen LogP contribution in [0.25, 0.3) is 42.8 Å². The fourth-order valence-electron chi connectivity index (χ4n) is 4.67. The van der Waals surface area contributed by atoms with Crippen molar-refractivity contribution in [3.63, 3.8) is 0 Å². The molecule has 0 radical (unpaired) electrons. The highest BCUT2D eigenvalue weighted by molar-refractivity contribution is 7.27. The summed E-state index contributed by atoms with van der Waals surface area (Å²) in [5.74, 6) is 0.509. The Bertz CT molecular complexity index is 1530. The van der Waals surface area contributed by atoms with Crippen molar-refractivity contribution < 1.29 is 9.59 Å². The summed E-state index contributed by atoms with van der Waals surface area (Å²) >= 11 is 3.45. The largest absolute Gasteiger partial charge is 0.347 e. The lowest BCUT2D eigenvalue weighted by Crippen LogP contribution is -2.39. The van der Waals surface area contributed by atoms with E-state index >= 15 is 0 Å². The summed E-state index contributed by atoms with van der Waals surface area (Å²) < 4.78 is 2.45. The van der Waals surface area contributed by atoms with E-state index in [0.29, 0.717) is 6.54 Å². The van der Waals surface area contributed by atoms with Crippen LogP contribution in [0.2, 0.25) is 0 Å². The van der Waals surface area contributed by atoms with Crippen molar-refractivity contribution in [1.82, 2.24) is 30.2 Å². The van der Waals surface area contributed by atoms with E-state index in [-0.39, 0.29) is 24.4 Å². The molecule has 10 heteroatoms. The number of aromatic nitrogens is 4. The van der Waals surface area contributed by atoms with Gasteiger partial charge in [-0.15, -0.1) is 22.7 Å². The minimum atomic E-state index is -0.204. The molecule has 6 rings (SSSR count). The highest BCUT2D eigenvalue weighted by atomic mass is 32.1. The smallest absolute Gasteiger partial charge is 0.242 e. The molecule has 172 valence electrons. The van der Waals surface area contributed by atoms with Crippen molar-refractivity contribution in [1.29, 1.82) is 0 Å². The predicted molar refractivity (Wildman–Crippen MR) is 135 cm³/mol. The Hall–Kier alpha value is -3.50. The zero-order valence-corrected chi connectivity index (χ0v) is 20.1. The molecule has 1 fully saturated rings. The molecule has 4 aromatic heterocycles. The number of nitrogens with zero attached hydrogens (tertiary/aromatic N) is 3. The maximum Gasteiger partial charge on any atom is 0.242 e. The third-order valence-corrected chi connectivity index (χ3v) is 8.44. The Morgan fingerprint density at radius 1 is 1.15 bits per heavy atom. The number of carbonyl (C=O) groups excluding carboxylic acids is 2. The molecule has 0 saturated carbocycles. The molecule has 34 heavy (non-hydrogen) atoms. The van der Waals surface area contributed by atoms with Crippen LogP contribution in [0.1, 0.15) is 31.6 Å². The number of H-pyrrole nitrogens is 2. The Morgan fingerprint density at radius 3 is 2.82 bits per heavy atom. The van der Waals surface area contributed by atoms with Gasteiger partial charge in [0.25, 0.3) is 0 Å². The molecule has 0 unspecified atom stereocenters. The zero-order valence-electron chi connectivity index (χ0n) is 18.4. The zero-order chi connectivity index (χ0) is 23.2.